The molecular formula is C28H32F6N2. The molecule has 0 spiro atoms. The molecule has 2 aromatic rings. The summed E-state index contributed by atoms with van der Waals surface area (Å²) in [5.41, 5.74) is -4.32. The standard InChI is InChI=1S/C28H32F6N2/c1-19(2)36(17-15-21-8-5-4-6-9-21)20(3)14-16-26(18-35,22-12-13-22)25-23(27(29,30)31)10-7-11-24(25)28(32,33)34/h4-11,19-20,22H,12-17H2,1-3H3. The van der Waals surface area contributed by atoms with E-state index in [9.17, 15) is 31.6 Å². The van der Waals surface area contributed by atoms with Gasteiger partial charge in [-0.2, -0.15) is 31.6 Å². The predicted molar refractivity (Wildman–Crippen MR) is 127 cm³/mol. The first-order chi connectivity index (χ1) is 16.8. The van der Waals surface area contributed by atoms with Crippen LogP contribution < -0.4 is 0 Å². The summed E-state index contributed by atoms with van der Waals surface area (Å²) in [6.45, 7) is 6.65. The number of nitriles is 1. The van der Waals surface area contributed by atoms with Crippen LogP contribution in [0.4, 0.5) is 26.3 Å². The van der Waals surface area contributed by atoms with E-state index in [0.717, 1.165) is 18.1 Å². The number of benzene rings is 2. The van der Waals surface area contributed by atoms with Gasteiger partial charge in [0, 0.05) is 18.6 Å². The maximum absolute atomic E-state index is 14.0. The zero-order valence-corrected chi connectivity index (χ0v) is 20.8. The minimum absolute atomic E-state index is 0.0694. The van der Waals surface area contributed by atoms with Crippen LogP contribution in [0.5, 0.6) is 0 Å². The molecule has 0 amide bonds. The van der Waals surface area contributed by atoms with Crippen molar-refractivity contribution < 1.29 is 26.3 Å². The van der Waals surface area contributed by atoms with E-state index in [2.05, 4.69) is 4.90 Å². The highest BCUT2D eigenvalue weighted by molar-refractivity contribution is 5.49. The van der Waals surface area contributed by atoms with Gasteiger partial charge in [0.25, 0.3) is 0 Å². The second-order valence-corrected chi connectivity index (χ2v) is 10.0. The van der Waals surface area contributed by atoms with Gasteiger partial charge in [0.15, 0.2) is 0 Å². The summed E-state index contributed by atoms with van der Waals surface area (Å²) >= 11 is 0. The highest BCUT2D eigenvalue weighted by Crippen LogP contribution is 2.55. The van der Waals surface area contributed by atoms with Crippen molar-refractivity contribution in [2.45, 2.75) is 82.7 Å². The molecule has 1 fully saturated rings. The van der Waals surface area contributed by atoms with Crippen molar-refractivity contribution in [1.29, 1.82) is 5.26 Å². The van der Waals surface area contributed by atoms with Crippen molar-refractivity contribution in [3.05, 3.63) is 70.8 Å². The molecule has 2 nitrogen and oxygen atoms in total. The van der Waals surface area contributed by atoms with E-state index in [1.165, 1.54) is 0 Å². The minimum atomic E-state index is -5.00. The van der Waals surface area contributed by atoms with Crippen molar-refractivity contribution in [2.75, 3.05) is 6.54 Å². The molecule has 0 aliphatic heterocycles. The van der Waals surface area contributed by atoms with Crippen LogP contribution in [-0.4, -0.2) is 23.5 Å². The summed E-state index contributed by atoms with van der Waals surface area (Å²) < 4.78 is 83.9. The molecular weight excluding hydrogens is 478 g/mol. The molecule has 0 radical (unpaired) electrons. The second kappa shape index (κ2) is 10.8. The molecule has 2 atom stereocenters. The fraction of sp³-hybridized carbons (Fsp3) is 0.536. The van der Waals surface area contributed by atoms with Gasteiger partial charge in [-0.05, 0) is 82.1 Å². The van der Waals surface area contributed by atoms with Crippen LogP contribution >= 0.6 is 0 Å². The zero-order valence-electron chi connectivity index (χ0n) is 20.8. The van der Waals surface area contributed by atoms with Crippen LogP contribution in [0.25, 0.3) is 0 Å². The first-order valence-electron chi connectivity index (χ1n) is 12.3. The normalized spacial score (nSPS) is 17.2. The van der Waals surface area contributed by atoms with Gasteiger partial charge in [-0.25, -0.2) is 0 Å². The summed E-state index contributed by atoms with van der Waals surface area (Å²) in [6, 6.07) is 13.9. The average molecular weight is 511 g/mol. The Kier molecular flexibility index (Phi) is 8.44. The molecule has 3 rings (SSSR count). The smallest absolute Gasteiger partial charge is 0.298 e. The van der Waals surface area contributed by atoms with Crippen LogP contribution in [0.15, 0.2) is 48.5 Å². The van der Waals surface area contributed by atoms with Gasteiger partial charge < -0.3 is 0 Å². The Bertz CT molecular complexity index is 1020. The number of halogens is 6. The fourth-order valence-corrected chi connectivity index (χ4v) is 5.31. The Labute approximate surface area is 208 Å². The summed E-state index contributed by atoms with van der Waals surface area (Å²) in [5, 5.41) is 10.2. The van der Waals surface area contributed by atoms with E-state index in [0.29, 0.717) is 37.9 Å². The van der Waals surface area contributed by atoms with Gasteiger partial charge in [0.2, 0.25) is 0 Å². The molecule has 0 heterocycles. The molecule has 0 N–H and O–H groups in total. The van der Waals surface area contributed by atoms with Crippen molar-refractivity contribution in [2.24, 2.45) is 5.92 Å². The second-order valence-electron chi connectivity index (χ2n) is 10.0. The number of hydrogen-bond acceptors (Lipinski definition) is 2. The van der Waals surface area contributed by atoms with Gasteiger partial charge in [-0.1, -0.05) is 36.4 Å². The first kappa shape index (κ1) is 28.0. The van der Waals surface area contributed by atoms with Crippen LogP contribution in [-0.2, 0) is 24.2 Å². The van der Waals surface area contributed by atoms with Crippen molar-refractivity contribution >= 4 is 0 Å². The van der Waals surface area contributed by atoms with E-state index in [1.807, 2.05) is 57.2 Å². The molecule has 196 valence electrons. The SMILES string of the molecule is CC(C)N(CCc1ccccc1)C(C)CCC(C#N)(c1c(C(F)(F)F)cccc1C(F)(F)F)C1CC1. The molecule has 0 aromatic heterocycles. The minimum Gasteiger partial charge on any atom is -0.298 e. The third kappa shape index (κ3) is 6.23. The molecule has 0 saturated heterocycles. The molecule has 8 heteroatoms. The lowest BCUT2D eigenvalue weighted by molar-refractivity contribution is -0.145. The highest BCUT2D eigenvalue weighted by atomic mass is 19.4. The quantitative estimate of drug-likeness (QED) is 0.303. The lowest BCUT2D eigenvalue weighted by Crippen LogP contribution is -2.42. The van der Waals surface area contributed by atoms with Gasteiger partial charge in [-0.15, -0.1) is 0 Å². The maximum Gasteiger partial charge on any atom is 0.416 e. The number of hydrogen-bond donors (Lipinski definition) is 0. The summed E-state index contributed by atoms with van der Waals surface area (Å²) in [4.78, 5) is 2.20. The zero-order chi connectivity index (χ0) is 26.7. The Hall–Kier alpha value is -2.53. The van der Waals surface area contributed by atoms with Crippen molar-refractivity contribution in [3.8, 4) is 6.07 Å². The monoisotopic (exact) mass is 510 g/mol. The first-order valence-corrected chi connectivity index (χ1v) is 12.3. The van der Waals surface area contributed by atoms with Gasteiger partial charge in [0.05, 0.1) is 22.6 Å². The fourth-order valence-electron chi connectivity index (χ4n) is 5.31. The number of nitrogens with zero attached hydrogens (tertiary/aromatic N) is 2. The highest BCUT2D eigenvalue weighted by Gasteiger charge is 2.54. The van der Waals surface area contributed by atoms with E-state index >= 15 is 0 Å². The van der Waals surface area contributed by atoms with Crippen molar-refractivity contribution in [3.63, 3.8) is 0 Å². The predicted octanol–water partition coefficient (Wildman–Crippen LogP) is 8.02. The van der Waals surface area contributed by atoms with Crippen LogP contribution in [0.1, 0.15) is 68.7 Å². The lowest BCUT2D eigenvalue weighted by Gasteiger charge is -2.37. The lowest BCUT2D eigenvalue weighted by atomic mass is 9.69. The van der Waals surface area contributed by atoms with Gasteiger partial charge >= 0.3 is 12.4 Å². The summed E-state index contributed by atoms with van der Waals surface area (Å²) in [7, 11) is 0. The van der Waals surface area contributed by atoms with Crippen LogP contribution in [0, 0.1) is 17.2 Å². The largest absolute Gasteiger partial charge is 0.416 e. The van der Waals surface area contributed by atoms with Crippen molar-refractivity contribution in [1.82, 2.24) is 4.90 Å². The Morgan fingerprint density at radius 2 is 1.44 bits per heavy atom. The topological polar surface area (TPSA) is 27.0 Å². The Balaban J connectivity index is 1.95. The number of alkyl halides is 6. The van der Waals surface area contributed by atoms with Crippen LogP contribution in [0.2, 0.25) is 0 Å². The van der Waals surface area contributed by atoms with E-state index in [-0.39, 0.29) is 18.5 Å². The molecule has 2 aromatic carbocycles. The maximum atomic E-state index is 14.0. The van der Waals surface area contributed by atoms with Gasteiger partial charge in [0.1, 0.15) is 0 Å². The number of rotatable bonds is 10. The van der Waals surface area contributed by atoms with E-state index < -0.39 is 40.4 Å². The molecule has 1 aliphatic carbocycles. The average Bonchev–Trinajstić information content (AvgIpc) is 3.65. The molecule has 36 heavy (non-hydrogen) atoms. The van der Waals surface area contributed by atoms with Gasteiger partial charge in [-0.3, -0.25) is 4.90 Å². The third-order valence-corrected chi connectivity index (χ3v) is 7.28. The Morgan fingerprint density at radius 1 is 0.889 bits per heavy atom. The summed E-state index contributed by atoms with van der Waals surface area (Å²) in [6.07, 6.45) is -8.12. The third-order valence-electron chi connectivity index (χ3n) is 7.28. The van der Waals surface area contributed by atoms with E-state index in [4.69, 9.17) is 0 Å². The molecule has 1 saturated carbocycles. The molecule has 0 bridgehead atoms. The molecule has 2 unspecified atom stereocenters. The molecule has 1 aliphatic rings. The summed E-state index contributed by atoms with van der Waals surface area (Å²) in [5.74, 6) is -0.531. The van der Waals surface area contributed by atoms with Crippen LogP contribution in [0.3, 0.4) is 0 Å². The Morgan fingerprint density at radius 3 is 1.89 bits per heavy atom. The van der Waals surface area contributed by atoms with E-state index in [1.54, 1.807) is 0 Å².